The average Bonchev–Trinajstić information content (AvgIpc) is 2.73. The van der Waals surface area contributed by atoms with Gasteiger partial charge in [0.25, 0.3) is 5.88 Å². The fraction of sp³-hybridized carbons (Fsp3) is 0.250. The molecule has 100 valence electrons. The molecule has 2 rings (SSSR count). The Hall–Kier alpha value is -2.57. The van der Waals surface area contributed by atoms with Crippen molar-refractivity contribution in [3.63, 3.8) is 0 Å². The molecule has 1 aromatic heterocycles. The van der Waals surface area contributed by atoms with Crippen LogP contribution in [-0.2, 0) is 6.42 Å². The maximum atomic E-state index is 11.6. The van der Waals surface area contributed by atoms with Crippen molar-refractivity contribution in [1.29, 1.82) is 0 Å². The summed E-state index contributed by atoms with van der Waals surface area (Å²) in [5, 5.41) is 15.1. The highest BCUT2D eigenvalue weighted by Gasteiger charge is 2.21. The molecule has 0 fully saturated rings. The van der Waals surface area contributed by atoms with Gasteiger partial charge in [-0.05, 0) is 18.6 Å². The van der Waals surface area contributed by atoms with Gasteiger partial charge < -0.3 is 15.7 Å². The highest BCUT2D eigenvalue weighted by atomic mass is 16.8. The summed E-state index contributed by atoms with van der Waals surface area (Å²) >= 11 is 0. The van der Waals surface area contributed by atoms with Crippen LogP contribution in [0.4, 0.5) is 11.6 Å². The standard InChI is InChI=1S/C12H14N4O3/c1-2-6-10-11(13)18-15-16(10)19-12(17)14-9-7-4-3-5-8-9/h3-5,7-8H,2,6H2,1H3,(H2-,13,14,15,17). The number of nitrogens with zero attached hydrogens (tertiary/aromatic N) is 3. The van der Waals surface area contributed by atoms with Crippen LogP contribution in [0.3, 0.4) is 0 Å². The van der Waals surface area contributed by atoms with Crippen LogP contribution >= 0.6 is 0 Å². The van der Waals surface area contributed by atoms with Crippen LogP contribution in [0.5, 0.6) is 0 Å². The normalized spacial score (nSPS) is 11.5. The summed E-state index contributed by atoms with van der Waals surface area (Å²) < 4.78 is 4.77. The van der Waals surface area contributed by atoms with Crippen LogP contribution in [0.15, 0.2) is 39.8 Å². The lowest BCUT2D eigenvalue weighted by Gasteiger charge is -2.03. The Balaban J connectivity index is 2.15. The van der Waals surface area contributed by atoms with Crippen molar-refractivity contribution in [2.75, 3.05) is 5.73 Å². The van der Waals surface area contributed by atoms with E-state index in [0.29, 0.717) is 17.8 Å². The van der Waals surface area contributed by atoms with Crippen LogP contribution in [0.25, 0.3) is 0 Å². The second-order valence-electron chi connectivity index (χ2n) is 3.81. The minimum Gasteiger partial charge on any atom is -0.525 e. The number of para-hydroxylation sites is 1. The number of nitrogens with two attached hydrogens (primary N) is 1. The highest BCUT2D eigenvalue weighted by molar-refractivity contribution is 5.66. The van der Waals surface area contributed by atoms with Crippen LogP contribution in [-0.4, -0.2) is 11.4 Å². The van der Waals surface area contributed by atoms with Gasteiger partial charge in [-0.3, -0.25) is 4.52 Å². The first-order valence-electron chi connectivity index (χ1n) is 5.86. The number of nitrogen functional groups attached to an aromatic ring is 1. The molecule has 1 aromatic carbocycles. The number of hydrogen-bond donors (Lipinski definition) is 1. The van der Waals surface area contributed by atoms with E-state index in [4.69, 9.17) is 15.1 Å². The number of benzene rings is 1. The lowest BCUT2D eigenvalue weighted by molar-refractivity contribution is -0.928. The highest BCUT2D eigenvalue weighted by Crippen LogP contribution is 2.09. The van der Waals surface area contributed by atoms with E-state index in [2.05, 4.69) is 10.3 Å². The van der Waals surface area contributed by atoms with Crippen molar-refractivity contribution >= 4 is 17.7 Å². The summed E-state index contributed by atoms with van der Waals surface area (Å²) in [7, 11) is 0. The smallest absolute Gasteiger partial charge is 0.310 e. The zero-order valence-electron chi connectivity index (χ0n) is 10.4. The first kappa shape index (κ1) is 12.9. The summed E-state index contributed by atoms with van der Waals surface area (Å²) in [4.78, 5) is 9.68. The number of rotatable bonds is 4. The lowest BCUT2D eigenvalue weighted by Crippen LogP contribution is -2.53. The minimum atomic E-state index is -0.790. The molecule has 0 unspecified atom stereocenters. The van der Waals surface area contributed by atoms with Crippen LogP contribution in [0.2, 0.25) is 0 Å². The Morgan fingerprint density at radius 2 is 2.21 bits per heavy atom. The van der Waals surface area contributed by atoms with Gasteiger partial charge in [0.1, 0.15) is 0 Å². The van der Waals surface area contributed by atoms with E-state index in [1.807, 2.05) is 13.0 Å². The molecule has 0 amide bonds. The topological polar surface area (TPSA) is 101 Å². The van der Waals surface area contributed by atoms with Crippen molar-refractivity contribution in [2.24, 2.45) is 4.99 Å². The van der Waals surface area contributed by atoms with E-state index in [-0.39, 0.29) is 5.88 Å². The van der Waals surface area contributed by atoms with Crippen LogP contribution in [0.1, 0.15) is 19.0 Å². The summed E-state index contributed by atoms with van der Waals surface area (Å²) in [5.41, 5.74) is 6.60. The largest absolute Gasteiger partial charge is 0.525 e. The van der Waals surface area contributed by atoms with E-state index in [1.54, 1.807) is 24.3 Å². The number of anilines is 1. The maximum Gasteiger partial charge on any atom is 0.310 e. The molecule has 0 radical (unpaired) electrons. The Morgan fingerprint density at radius 1 is 1.47 bits per heavy atom. The molecule has 19 heavy (non-hydrogen) atoms. The summed E-state index contributed by atoms with van der Waals surface area (Å²) in [5.74, 6) is 0.134. The van der Waals surface area contributed by atoms with Crippen molar-refractivity contribution < 1.29 is 19.3 Å². The van der Waals surface area contributed by atoms with Crippen molar-refractivity contribution in [3.05, 3.63) is 36.0 Å². The predicted octanol–water partition coefficient (Wildman–Crippen LogP) is -0.0266. The molecule has 7 nitrogen and oxygen atoms in total. The van der Waals surface area contributed by atoms with E-state index in [0.717, 1.165) is 11.3 Å². The van der Waals surface area contributed by atoms with E-state index in [1.165, 1.54) is 0 Å². The van der Waals surface area contributed by atoms with Gasteiger partial charge in [0, 0.05) is 6.42 Å². The first-order valence-corrected chi connectivity index (χ1v) is 5.86. The molecule has 0 spiro atoms. The van der Waals surface area contributed by atoms with Crippen molar-refractivity contribution in [2.45, 2.75) is 19.8 Å². The Labute approximate surface area is 109 Å². The molecule has 0 aliphatic carbocycles. The van der Waals surface area contributed by atoms with E-state index in [9.17, 15) is 5.11 Å². The predicted molar refractivity (Wildman–Crippen MR) is 65.2 cm³/mol. The minimum absolute atomic E-state index is 0.134. The van der Waals surface area contributed by atoms with E-state index >= 15 is 0 Å². The Bertz CT molecular complexity index is 566. The fourth-order valence-electron chi connectivity index (χ4n) is 1.51. The third-order valence-corrected chi connectivity index (χ3v) is 2.36. The quantitative estimate of drug-likeness (QED) is 0.474. The molecule has 1 heterocycles. The number of aliphatic imine (C=N–C) groups is 1. The van der Waals surface area contributed by atoms with Gasteiger partial charge in [-0.25, -0.2) is 4.99 Å². The van der Waals surface area contributed by atoms with Crippen LogP contribution in [0, 0.1) is 0 Å². The molecular formula is C12H14N4O3. The van der Waals surface area contributed by atoms with Gasteiger partial charge in [0.2, 0.25) is 11.4 Å². The van der Waals surface area contributed by atoms with E-state index < -0.39 is 6.08 Å². The van der Waals surface area contributed by atoms with Crippen LogP contribution < -0.4 is 20.5 Å². The molecule has 0 aliphatic rings. The molecule has 0 saturated heterocycles. The number of hydrogen-bond acceptors (Lipinski definition) is 6. The SMILES string of the molecule is CCCc1c(N)on[n+]1OC([O-])=Nc1ccccc1. The summed E-state index contributed by atoms with van der Waals surface area (Å²) in [6, 6.07) is 8.76. The van der Waals surface area contributed by atoms with Crippen molar-refractivity contribution in [1.82, 2.24) is 5.27 Å². The number of aromatic nitrogens is 2. The summed E-state index contributed by atoms with van der Waals surface area (Å²) in [6.07, 6.45) is 0.620. The molecule has 0 atom stereocenters. The van der Waals surface area contributed by atoms with Gasteiger partial charge >= 0.3 is 5.69 Å². The molecule has 2 aromatic rings. The first-order chi connectivity index (χ1) is 9.20. The second-order valence-corrected chi connectivity index (χ2v) is 3.81. The Kier molecular flexibility index (Phi) is 3.97. The van der Waals surface area contributed by atoms with Gasteiger partial charge in [0.05, 0.1) is 10.5 Å². The molecule has 7 heteroatoms. The second kappa shape index (κ2) is 5.85. The van der Waals surface area contributed by atoms with Gasteiger partial charge in [-0.15, -0.1) is 0 Å². The maximum absolute atomic E-state index is 11.6. The molecule has 0 bridgehead atoms. The monoisotopic (exact) mass is 262 g/mol. The molecule has 2 N–H and O–H groups in total. The zero-order valence-corrected chi connectivity index (χ0v) is 10.4. The molecular weight excluding hydrogens is 248 g/mol. The lowest BCUT2D eigenvalue weighted by atomic mass is 10.3. The summed E-state index contributed by atoms with van der Waals surface area (Å²) in [6.45, 7) is 1.97. The third-order valence-electron chi connectivity index (χ3n) is 2.36. The molecule has 0 saturated carbocycles. The fourth-order valence-corrected chi connectivity index (χ4v) is 1.51. The van der Waals surface area contributed by atoms with Crippen molar-refractivity contribution in [3.8, 4) is 0 Å². The molecule has 0 aliphatic heterocycles. The van der Waals surface area contributed by atoms with Gasteiger partial charge in [-0.2, -0.15) is 0 Å². The zero-order chi connectivity index (χ0) is 13.7. The Morgan fingerprint density at radius 3 is 2.89 bits per heavy atom. The van der Waals surface area contributed by atoms with Gasteiger partial charge in [-0.1, -0.05) is 25.1 Å². The average molecular weight is 262 g/mol. The van der Waals surface area contributed by atoms with Gasteiger partial charge in [0.15, 0.2) is 0 Å². The third kappa shape index (κ3) is 3.21.